The molecule has 5 nitrogen and oxygen atoms in total. The van der Waals surface area contributed by atoms with Crippen molar-refractivity contribution in [2.45, 2.75) is 62.8 Å². The number of nitrogens with one attached hydrogen (secondary N) is 1. The number of carbonyl (C=O) groups excluding carboxylic acids is 2. The standard InChI is InChI=1S/C24H28N2O3/c1-16-8-13-29-22(16)23(28)26-11-9-24(10-12-26)15-17(14-21(27)25-18-6-7-18)19-4-2-3-5-20(19)24/h2-5,8,13,17-18H,6-7,9-12,14-15H2,1H3,(H,25,27). The average molecular weight is 392 g/mol. The molecule has 5 rings (SSSR count). The summed E-state index contributed by atoms with van der Waals surface area (Å²) < 4.78 is 5.41. The van der Waals surface area contributed by atoms with Crippen LogP contribution in [0.15, 0.2) is 41.0 Å². The Morgan fingerprint density at radius 3 is 2.62 bits per heavy atom. The Kier molecular flexibility index (Phi) is 4.49. The van der Waals surface area contributed by atoms with E-state index in [1.165, 1.54) is 11.1 Å². The lowest BCUT2D eigenvalue weighted by Gasteiger charge is -2.40. The number of furan rings is 1. The summed E-state index contributed by atoms with van der Waals surface area (Å²) in [4.78, 5) is 27.2. The maximum absolute atomic E-state index is 12.8. The lowest BCUT2D eigenvalue weighted by molar-refractivity contribution is -0.121. The van der Waals surface area contributed by atoms with Gasteiger partial charge in [-0.25, -0.2) is 0 Å². The van der Waals surface area contributed by atoms with Gasteiger partial charge < -0.3 is 14.6 Å². The first-order valence-electron chi connectivity index (χ1n) is 10.8. The number of hydrogen-bond donors (Lipinski definition) is 1. The van der Waals surface area contributed by atoms with Gasteiger partial charge >= 0.3 is 0 Å². The van der Waals surface area contributed by atoms with E-state index >= 15 is 0 Å². The number of likely N-dealkylation sites (tertiary alicyclic amines) is 1. The number of carbonyl (C=O) groups is 2. The minimum atomic E-state index is -0.00556. The Balaban J connectivity index is 1.31. The summed E-state index contributed by atoms with van der Waals surface area (Å²) >= 11 is 0. The van der Waals surface area contributed by atoms with Crippen LogP contribution in [0, 0.1) is 6.92 Å². The minimum absolute atomic E-state index is 0.00556. The van der Waals surface area contributed by atoms with Gasteiger partial charge in [0.1, 0.15) is 0 Å². The zero-order valence-electron chi connectivity index (χ0n) is 16.9. The van der Waals surface area contributed by atoms with Gasteiger partial charge in [0.25, 0.3) is 5.91 Å². The number of amides is 2. The Bertz CT molecular complexity index is 935. The van der Waals surface area contributed by atoms with Crippen molar-refractivity contribution in [3.05, 3.63) is 59.0 Å². The van der Waals surface area contributed by atoms with E-state index in [0.717, 1.165) is 50.8 Å². The molecule has 1 atom stereocenters. The van der Waals surface area contributed by atoms with Gasteiger partial charge in [-0.1, -0.05) is 24.3 Å². The van der Waals surface area contributed by atoms with Crippen LogP contribution in [-0.4, -0.2) is 35.8 Å². The fourth-order valence-corrected chi connectivity index (χ4v) is 5.29. The Morgan fingerprint density at radius 2 is 1.93 bits per heavy atom. The van der Waals surface area contributed by atoms with Gasteiger partial charge in [0.05, 0.1) is 6.26 Å². The quantitative estimate of drug-likeness (QED) is 0.858. The van der Waals surface area contributed by atoms with E-state index in [1.807, 2.05) is 17.9 Å². The minimum Gasteiger partial charge on any atom is -0.459 e. The third-order valence-electron chi connectivity index (χ3n) is 7.05. The molecule has 3 aliphatic rings. The molecule has 2 heterocycles. The zero-order valence-corrected chi connectivity index (χ0v) is 16.9. The highest BCUT2D eigenvalue weighted by atomic mass is 16.3. The van der Waals surface area contributed by atoms with Crippen molar-refractivity contribution in [2.24, 2.45) is 0 Å². The fraction of sp³-hybridized carbons (Fsp3) is 0.500. The second kappa shape index (κ2) is 7.05. The molecule has 2 aliphatic carbocycles. The van der Waals surface area contributed by atoms with Crippen LogP contribution in [0.2, 0.25) is 0 Å². The molecule has 2 fully saturated rings. The lowest BCUT2D eigenvalue weighted by atomic mass is 9.73. The van der Waals surface area contributed by atoms with Crippen LogP contribution in [0.5, 0.6) is 0 Å². The average Bonchev–Trinajstić information content (AvgIpc) is 3.36. The summed E-state index contributed by atoms with van der Waals surface area (Å²) in [5.74, 6) is 0.918. The molecular weight excluding hydrogens is 364 g/mol. The van der Waals surface area contributed by atoms with E-state index in [9.17, 15) is 9.59 Å². The number of rotatable bonds is 4. The molecule has 2 aromatic rings. The fourth-order valence-electron chi connectivity index (χ4n) is 5.29. The number of fused-ring (bicyclic) bond motifs is 2. The molecule has 0 bridgehead atoms. The highest BCUT2D eigenvalue weighted by molar-refractivity contribution is 5.93. The molecule has 29 heavy (non-hydrogen) atoms. The van der Waals surface area contributed by atoms with Crippen molar-refractivity contribution in [3.63, 3.8) is 0 Å². The molecule has 1 saturated heterocycles. The largest absolute Gasteiger partial charge is 0.459 e. The maximum atomic E-state index is 12.8. The highest BCUT2D eigenvalue weighted by Crippen LogP contribution is 2.52. The monoisotopic (exact) mass is 392 g/mol. The summed E-state index contributed by atoms with van der Waals surface area (Å²) in [5.41, 5.74) is 3.70. The summed E-state index contributed by atoms with van der Waals surface area (Å²) in [6.45, 7) is 3.37. The molecule has 1 unspecified atom stereocenters. The van der Waals surface area contributed by atoms with Crippen molar-refractivity contribution >= 4 is 11.8 Å². The van der Waals surface area contributed by atoms with Crippen LogP contribution in [0.4, 0.5) is 0 Å². The first-order valence-corrected chi connectivity index (χ1v) is 10.8. The topological polar surface area (TPSA) is 62.6 Å². The third-order valence-corrected chi connectivity index (χ3v) is 7.05. The van der Waals surface area contributed by atoms with Gasteiger partial charge in [0, 0.05) is 31.1 Å². The highest BCUT2D eigenvalue weighted by Gasteiger charge is 2.46. The van der Waals surface area contributed by atoms with Crippen LogP contribution in [0.1, 0.15) is 71.7 Å². The van der Waals surface area contributed by atoms with Gasteiger partial charge in [-0.05, 0) is 67.6 Å². The number of piperidine rings is 1. The van der Waals surface area contributed by atoms with E-state index in [2.05, 4.69) is 29.6 Å². The third kappa shape index (κ3) is 3.37. The number of nitrogens with zero attached hydrogens (tertiary/aromatic N) is 1. The van der Waals surface area contributed by atoms with Gasteiger partial charge in [0.15, 0.2) is 5.76 Å². The molecule has 1 saturated carbocycles. The normalized spacial score (nSPS) is 22.5. The molecule has 1 spiro atoms. The maximum Gasteiger partial charge on any atom is 0.289 e. The molecule has 5 heteroatoms. The van der Waals surface area contributed by atoms with E-state index < -0.39 is 0 Å². The van der Waals surface area contributed by atoms with Crippen molar-refractivity contribution in [1.29, 1.82) is 0 Å². The summed E-state index contributed by atoms with van der Waals surface area (Å²) in [6.07, 6.45) is 7.28. The van der Waals surface area contributed by atoms with E-state index in [1.54, 1.807) is 6.26 Å². The van der Waals surface area contributed by atoms with Crippen LogP contribution in [0.3, 0.4) is 0 Å². The van der Waals surface area contributed by atoms with Crippen LogP contribution in [-0.2, 0) is 10.2 Å². The second-order valence-electron chi connectivity index (χ2n) is 9.04. The molecule has 2 amide bonds. The summed E-state index contributed by atoms with van der Waals surface area (Å²) in [7, 11) is 0. The van der Waals surface area contributed by atoms with Gasteiger partial charge in [0.2, 0.25) is 5.91 Å². The van der Waals surface area contributed by atoms with Crippen molar-refractivity contribution in [3.8, 4) is 0 Å². The van der Waals surface area contributed by atoms with E-state index in [0.29, 0.717) is 18.2 Å². The Hall–Kier alpha value is -2.56. The van der Waals surface area contributed by atoms with Gasteiger partial charge in [-0.15, -0.1) is 0 Å². The van der Waals surface area contributed by atoms with Gasteiger partial charge in [-0.2, -0.15) is 0 Å². The Labute approximate surface area is 171 Å². The molecule has 152 valence electrons. The second-order valence-corrected chi connectivity index (χ2v) is 9.04. The van der Waals surface area contributed by atoms with Crippen molar-refractivity contribution in [2.75, 3.05) is 13.1 Å². The molecule has 1 aliphatic heterocycles. The predicted molar refractivity (Wildman–Crippen MR) is 110 cm³/mol. The van der Waals surface area contributed by atoms with Crippen LogP contribution < -0.4 is 5.32 Å². The molecule has 1 N–H and O–H groups in total. The number of hydrogen-bond acceptors (Lipinski definition) is 3. The van der Waals surface area contributed by atoms with E-state index in [4.69, 9.17) is 4.42 Å². The first-order chi connectivity index (χ1) is 14.1. The number of benzene rings is 1. The van der Waals surface area contributed by atoms with Crippen molar-refractivity contribution in [1.82, 2.24) is 10.2 Å². The van der Waals surface area contributed by atoms with Crippen LogP contribution >= 0.6 is 0 Å². The van der Waals surface area contributed by atoms with Gasteiger partial charge in [-0.3, -0.25) is 9.59 Å². The molecule has 0 radical (unpaired) electrons. The summed E-state index contributed by atoms with van der Waals surface area (Å²) in [6, 6.07) is 10.9. The smallest absolute Gasteiger partial charge is 0.289 e. The number of aryl methyl sites for hydroxylation is 1. The zero-order chi connectivity index (χ0) is 20.0. The predicted octanol–water partition coefficient (Wildman–Crippen LogP) is 3.92. The summed E-state index contributed by atoms with van der Waals surface area (Å²) in [5, 5.41) is 3.14. The van der Waals surface area contributed by atoms with Crippen molar-refractivity contribution < 1.29 is 14.0 Å². The van der Waals surface area contributed by atoms with E-state index in [-0.39, 0.29) is 23.1 Å². The molecule has 1 aromatic heterocycles. The SMILES string of the molecule is Cc1ccoc1C(=O)N1CCC2(CC1)CC(CC(=O)NC1CC1)c1ccccc12. The first kappa shape index (κ1) is 18.5. The van der Waals surface area contributed by atoms with Crippen LogP contribution in [0.25, 0.3) is 0 Å². The molecule has 1 aromatic carbocycles. The lowest BCUT2D eigenvalue weighted by Crippen LogP contribution is -2.44. The Morgan fingerprint density at radius 1 is 1.17 bits per heavy atom. The molecular formula is C24H28N2O3.